The molecular weight excluding hydrogens is 208 g/mol. The van der Waals surface area contributed by atoms with Crippen LogP contribution in [0.15, 0.2) is 12.1 Å². The van der Waals surface area contributed by atoms with E-state index in [1.54, 1.807) is 6.07 Å². The van der Waals surface area contributed by atoms with Crippen LogP contribution in [-0.2, 0) is 5.41 Å². The van der Waals surface area contributed by atoms with Gasteiger partial charge in [0.2, 0.25) is 0 Å². The van der Waals surface area contributed by atoms with E-state index in [0.717, 1.165) is 5.56 Å². The third-order valence-electron chi connectivity index (χ3n) is 3.64. The van der Waals surface area contributed by atoms with Gasteiger partial charge in [-0.1, -0.05) is 37.4 Å². The molecule has 1 saturated carbocycles. The van der Waals surface area contributed by atoms with E-state index in [2.05, 4.69) is 6.92 Å². The molecule has 0 amide bonds. The largest absolute Gasteiger partial charge is 0.508 e. The Balaban J connectivity index is 2.48. The zero-order valence-corrected chi connectivity index (χ0v) is 10.1. The van der Waals surface area contributed by atoms with Gasteiger partial charge in [0.15, 0.2) is 0 Å². The summed E-state index contributed by atoms with van der Waals surface area (Å²) in [5, 5.41) is 10.3. The number of aromatic hydroxyl groups is 1. The Bertz CT molecular complexity index is 378. The van der Waals surface area contributed by atoms with Crippen LogP contribution in [-0.4, -0.2) is 5.11 Å². The molecule has 0 heterocycles. The number of benzene rings is 1. The average molecular weight is 225 g/mol. The Morgan fingerprint density at radius 2 is 1.87 bits per heavy atom. The molecule has 1 fully saturated rings. The normalized spacial score (nSPS) is 19.4. The highest BCUT2D eigenvalue weighted by Crippen LogP contribution is 2.44. The molecule has 1 nitrogen and oxygen atoms in total. The molecule has 1 aromatic carbocycles. The zero-order valence-electron chi connectivity index (χ0n) is 9.31. The summed E-state index contributed by atoms with van der Waals surface area (Å²) in [6.07, 6.45) is 4.98. The molecule has 2 heteroatoms. The first-order chi connectivity index (χ1) is 7.03. The smallest absolute Gasteiger partial charge is 0.119 e. The summed E-state index contributed by atoms with van der Waals surface area (Å²) in [4.78, 5) is 0. The lowest BCUT2D eigenvalue weighted by molar-refractivity contribution is 0.465. The van der Waals surface area contributed by atoms with Crippen molar-refractivity contribution in [2.75, 3.05) is 0 Å². The van der Waals surface area contributed by atoms with E-state index in [0.29, 0.717) is 10.8 Å². The summed E-state index contributed by atoms with van der Waals surface area (Å²) in [5.41, 5.74) is 2.34. The maximum Gasteiger partial charge on any atom is 0.119 e. The summed E-state index contributed by atoms with van der Waals surface area (Å²) in [5.74, 6) is 0.297. The second-order valence-corrected chi connectivity index (χ2v) is 5.29. The van der Waals surface area contributed by atoms with E-state index in [1.807, 2.05) is 13.0 Å². The second-order valence-electron chi connectivity index (χ2n) is 4.89. The highest BCUT2D eigenvalue weighted by molar-refractivity contribution is 6.31. The number of halogens is 1. The first-order valence-corrected chi connectivity index (χ1v) is 5.90. The first-order valence-electron chi connectivity index (χ1n) is 5.52. The van der Waals surface area contributed by atoms with Crippen molar-refractivity contribution in [3.05, 3.63) is 28.3 Å². The van der Waals surface area contributed by atoms with Crippen LogP contribution in [0.2, 0.25) is 5.02 Å². The van der Waals surface area contributed by atoms with Crippen LogP contribution in [0.1, 0.15) is 43.7 Å². The number of phenolic OH excluding ortho intramolecular Hbond substituents is 1. The van der Waals surface area contributed by atoms with Crippen molar-refractivity contribution in [2.24, 2.45) is 0 Å². The van der Waals surface area contributed by atoms with Crippen molar-refractivity contribution in [2.45, 2.75) is 44.9 Å². The van der Waals surface area contributed by atoms with E-state index >= 15 is 0 Å². The average Bonchev–Trinajstić information content (AvgIpc) is 2.60. The minimum Gasteiger partial charge on any atom is -0.508 e. The van der Waals surface area contributed by atoms with Gasteiger partial charge < -0.3 is 5.11 Å². The number of hydrogen-bond acceptors (Lipinski definition) is 1. The van der Waals surface area contributed by atoms with Gasteiger partial charge in [-0.2, -0.15) is 0 Å². The first kappa shape index (κ1) is 10.8. The summed E-state index contributed by atoms with van der Waals surface area (Å²) in [7, 11) is 0. The van der Waals surface area contributed by atoms with Crippen molar-refractivity contribution < 1.29 is 5.11 Å². The zero-order chi connectivity index (χ0) is 11.1. The Labute approximate surface area is 96.1 Å². The lowest BCUT2D eigenvalue weighted by Gasteiger charge is -2.26. The molecule has 0 atom stereocenters. The minimum atomic E-state index is 0.218. The molecule has 0 spiro atoms. The van der Waals surface area contributed by atoms with E-state index < -0.39 is 0 Å². The number of rotatable bonds is 1. The van der Waals surface area contributed by atoms with Crippen molar-refractivity contribution in [3.63, 3.8) is 0 Å². The van der Waals surface area contributed by atoms with Gasteiger partial charge in [-0.25, -0.2) is 0 Å². The van der Waals surface area contributed by atoms with Crippen molar-refractivity contribution in [1.29, 1.82) is 0 Å². The summed E-state index contributed by atoms with van der Waals surface area (Å²) < 4.78 is 0. The van der Waals surface area contributed by atoms with Crippen molar-refractivity contribution in [1.82, 2.24) is 0 Å². The van der Waals surface area contributed by atoms with Gasteiger partial charge in [-0.15, -0.1) is 0 Å². The summed E-state index contributed by atoms with van der Waals surface area (Å²) >= 11 is 6.21. The van der Waals surface area contributed by atoms with E-state index in [-0.39, 0.29) is 5.41 Å². The van der Waals surface area contributed by atoms with Crippen LogP contribution < -0.4 is 0 Å². The molecular formula is C13H17ClO. The molecule has 0 aliphatic heterocycles. The van der Waals surface area contributed by atoms with Crippen LogP contribution in [0, 0.1) is 6.92 Å². The third kappa shape index (κ3) is 1.85. The monoisotopic (exact) mass is 224 g/mol. The standard InChI is InChI=1S/C13H17ClO/c1-9-7-10(11(14)8-12(9)15)13(2)5-3-4-6-13/h7-8,15H,3-6H2,1-2H3. The topological polar surface area (TPSA) is 20.2 Å². The Morgan fingerprint density at radius 1 is 1.27 bits per heavy atom. The maximum atomic E-state index is 9.57. The third-order valence-corrected chi connectivity index (χ3v) is 3.96. The maximum absolute atomic E-state index is 9.57. The molecule has 0 unspecified atom stereocenters. The summed E-state index contributed by atoms with van der Waals surface area (Å²) in [6.45, 7) is 4.20. The SMILES string of the molecule is Cc1cc(C2(C)CCCC2)c(Cl)cc1O. The summed E-state index contributed by atoms with van der Waals surface area (Å²) in [6, 6.07) is 3.72. The van der Waals surface area contributed by atoms with Crippen LogP contribution in [0.25, 0.3) is 0 Å². The highest BCUT2D eigenvalue weighted by atomic mass is 35.5. The lowest BCUT2D eigenvalue weighted by Crippen LogP contribution is -2.17. The van der Waals surface area contributed by atoms with Gasteiger partial charge >= 0.3 is 0 Å². The van der Waals surface area contributed by atoms with Crippen LogP contribution in [0.3, 0.4) is 0 Å². The van der Waals surface area contributed by atoms with E-state index in [4.69, 9.17) is 11.6 Å². The highest BCUT2D eigenvalue weighted by Gasteiger charge is 2.32. The van der Waals surface area contributed by atoms with Crippen molar-refractivity contribution in [3.8, 4) is 5.75 Å². The molecule has 1 aliphatic carbocycles. The fraction of sp³-hybridized carbons (Fsp3) is 0.538. The number of aryl methyl sites for hydroxylation is 1. The molecule has 0 aromatic heterocycles. The lowest BCUT2D eigenvalue weighted by atomic mass is 9.80. The molecule has 82 valence electrons. The van der Waals surface area contributed by atoms with Gasteiger partial charge in [0.25, 0.3) is 0 Å². The van der Waals surface area contributed by atoms with Gasteiger partial charge in [-0.3, -0.25) is 0 Å². The molecule has 0 radical (unpaired) electrons. The molecule has 2 rings (SSSR count). The molecule has 1 aliphatic rings. The van der Waals surface area contributed by atoms with Crippen molar-refractivity contribution >= 4 is 11.6 Å². The fourth-order valence-electron chi connectivity index (χ4n) is 2.56. The molecule has 1 N–H and O–H groups in total. The number of phenols is 1. The minimum absolute atomic E-state index is 0.218. The van der Waals surface area contributed by atoms with E-state index in [9.17, 15) is 5.11 Å². The number of hydrogen-bond donors (Lipinski definition) is 1. The van der Waals surface area contributed by atoms with Crippen LogP contribution in [0.4, 0.5) is 0 Å². The molecule has 15 heavy (non-hydrogen) atoms. The molecule has 1 aromatic rings. The molecule has 0 bridgehead atoms. The van der Waals surface area contributed by atoms with Crippen LogP contribution in [0.5, 0.6) is 5.75 Å². The Kier molecular flexibility index (Phi) is 2.68. The Morgan fingerprint density at radius 3 is 2.47 bits per heavy atom. The molecule has 0 saturated heterocycles. The Hall–Kier alpha value is -0.690. The second kappa shape index (κ2) is 3.71. The van der Waals surface area contributed by atoms with Gasteiger partial charge in [0.05, 0.1) is 0 Å². The van der Waals surface area contributed by atoms with Gasteiger partial charge in [-0.05, 0) is 42.4 Å². The fourth-order valence-corrected chi connectivity index (χ4v) is 2.94. The quantitative estimate of drug-likeness (QED) is 0.759. The van der Waals surface area contributed by atoms with Gasteiger partial charge in [0.1, 0.15) is 5.75 Å². The van der Waals surface area contributed by atoms with E-state index in [1.165, 1.54) is 31.2 Å². The van der Waals surface area contributed by atoms with Crippen LogP contribution >= 0.6 is 11.6 Å². The van der Waals surface area contributed by atoms with Gasteiger partial charge in [0, 0.05) is 5.02 Å². The predicted molar refractivity (Wildman–Crippen MR) is 63.7 cm³/mol. The predicted octanol–water partition coefficient (Wildman–Crippen LogP) is 4.19.